The highest BCUT2D eigenvalue weighted by Crippen LogP contribution is 2.14. The van der Waals surface area contributed by atoms with Gasteiger partial charge in [0.05, 0.1) is 6.04 Å². The summed E-state index contributed by atoms with van der Waals surface area (Å²) in [5, 5.41) is 5.95. The van der Waals surface area contributed by atoms with Crippen molar-refractivity contribution in [3.8, 4) is 0 Å². The number of amidine groups is 1. The van der Waals surface area contributed by atoms with Crippen LogP contribution >= 0.6 is 0 Å². The second-order valence-corrected chi connectivity index (χ2v) is 6.26. The molecule has 1 fully saturated rings. The van der Waals surface area contributed by atoms with Gasteiger partial charge in [-0.1, -0.05) is 6.58 Å². The van der Waals surface area contributed by atoms with Gasteiger partial charge in [0.15, 0.2) is 0 Å². The number of nitrogens with one attached hydrogen (secondary N) is 2. The van der Waals surface area contributed by atoms with Crippen LogP contribution in [0.5, 0.6) is 0 Å². The van der Waals surface area contributed by atoms with Crippen LogP contribution in [0.15, 0.2) is 41.8 Å². The third-order valence-corrected chi connectivity index (χ3v) is 3.94. The number of carbonyl (C=O) groups excluding carboxylic acids is 2. The Bertz CT molecular complexity index is 600. The van der Waals surface area contributed by atoms with Crippen LogP contribution in [0.4, 0.5) is 0 Å². The summed E-state index contributed by atoms with van der Waals surface area (Å²) >= 11 is 0. The van der Waals surface area contributed by atoms with Crippen LogP contribution in [0.25, 0.3) is 0 Å². The zero-order chi connectivity index (χ0) is 17.7. The Morgan fingerprint density at radius 3 is 2.79 bits per heavy atom. The van der Waals surface area contributed by atoms with Crippen molar-refractivity contribution in [1.29, 1.82) is 0 Å². The highest BCUT2D eigenvalue weighted by molar-refractivity contribution is 6.02. The van der Waals surface area contributed by atoms with E-state index >= 15 is 0 Å². The standard InChI is InChI=1S/C17H25N5O2/c1-5-16(23)21(4)14-10-22(11-14)7-6-18-15-8-13(9-19-15)17(24)20-12(2)3/h5-7,9,12,14H,1,8,10-11H2,2-4H3,(H,18,19)(H,20,24)/b7-6+. The first-order valence-corrected chi connectivity index (χ1v) is 8.03. The van der Waals surface area contributed by atoms with Gasteiger partial charge in [-0.15, -0.1) is 0 Å². The maximum absolute atomic E-state index is 11.9. The van der Waals surface area contributed by atoms with Gasteiger partial charge in [0.2, 0.25) is 11.8 Å². The molecule has 2 rings (SSSR count). The number of nitrogens with zero attached hydrogens (tertiary/aromatic N) is 3. The van der Waals surface area contributed by atoms with Gasteiger partial charge in [0.25, 0.3) is 0 Å². The predicted octanol–water partition coefficient (Wildman–Crippen LogP) is 0.587. The molecular weight excluding hydrogens is 306 g/mol. The van der Waals surface area contributed by atoms with Crippen molar-refractivity contribution in [2.24, 2.45) is 4.99 Å². The van der Waals surface area contributed by atoms with E-state index in [-0.39, 0.29) is 23.9 Å². The minimum atomic E-state index is -0.0740. The summed E-state index contributed by atoms with van der Waals surface area (Å²) in [5.41, 5.74) is 0.660. The second-order valence-electron chi connectivity index (χ2n) is 6.26. The predicted molar refractivity (Wildman–Crippen MR) is 94.0 cm³/mol. The van der Waals surface area contributed by atoms with Crippen molar-refractivity contribution in [3.05, 3.63) is 36.8 Å². The fourth-order valence-electron chi connectivity index (χ4n) is 2.43. The molecule has 0 radical (unpaired) electrons. The zero-order valence-corrected chi connectivity index (χ0v) is 14.5. The second kappa shape index (κ2) is 7.81. The van der Waals surface area contributed by atoms with Crippen molar-refractivity contribution in [1.82, 2.24) is 20.4 Å². The monoisotopic (exact) mass is 331 g/mol. The Morgan fingerprint density at radius 1 is 1.46 bits per heavy atom. The Kier molecular flexibility index (Phi) is 5.78. The molecule has 2 aliphatic heterocycles. The molecule has 0 aromatic heterocycles. The lowest BCUT2D eigenvalue weighted by molar-refractivity contribution is -0.129. The molecule has 2 N–H and O–H groups in total. The number of hydrogen-bond acceptors (Lipinski definition) is 5. The van der Waals surface area contributed by atoms with Gasteiger partial charge in [-0.05, 0) is 19.9 Å². The number of hydrogen-bond donors (Lipinski definition) is 2. The van der Waals surface area contributed by atoms with E-state index in [1.165, 1.54) is 6.08 Å². The highest BCUT2D eigenvalue weighted by atomic mass is 16.2. The van der Waals surface area contributed by atoms with E-state index in [4.69, 9.17) is 0 Å². The molecule has 7 heteroatoms. The van der Waals surface area contributed by atoms with Crippen LogP contribution in [-0.4, -0.2) is 59.7 Å². The van der Waals surface area contributed by atoms with Crippen molar-refractivity contribution in [2.75, 3.05) is 20.1 Å². The van der Waals surface area contributed by atoms with Gasteiger partial charge < -0.3 is 20.4 Å². The van der Waals surface area contributed by atoms with E-state index in [1.807, 2.05) is 26.2 Å². The van der Waals surface area contributed by atoms with Crippen molar-refractivity contribution >= 4 is 17.6 Å². The van der Waals surface area contributed by atoms with Gasteiger partial charge in [-0.3, -0.25) is 9.59 Å². The molecule has 0 atom stereocenters. The van der Waals surface area contributed by atoms with Gasteiger partial charge in [0.1, 0.15) is 5.84 Å². The van der Waals surface area contributed by atoms with Gasteiger partial charge in [0, 0.05) is 56.8 Å². The van der Waals surface area contributed by atoms with Crippen molar-refractivity contribution in [2.45, 2.75) is 32.4 Å². The molecule has 0 unspecified atom stereocenters. The van der Waals surface area contributed by atoms with E-state index in [9.17, 15) is 9.59 Å². The minimum Gasteiger partial charge on any atom is -0.372 e. The molecule has 7 nitrogen and oxygen atoms in total. The fraction of sp³-hybridized carbons (Fsp3) is 0.471. The summed E-state index contributed by atoms with van der Waals surface area (Å²) in [7, 11) is 1.79. The first-order valence-electron chi connectivity index (χ1n) is 8.03. The average Bonchev–Trinajstić information content (AvgIpc) is 2.96. The third-order valence-electron chi connectivity index (χ3n) is 3.94. The average molecular weight is 331 g/mol. The Labute approximate surface area is 142 Å². The fourth-order valence-corrected chi connectivity index (χ4v) is 2.43. The summed E-state index contributed by atoms with van der Waals surface area (Å²) in [6, 6.07) is 0.331. The van der Waals surface area contributed by atoms with Crippen LogP contribution in [0.1, 0.15) is 20.3 Å². The Morgan fingerprint density at radius 2 is 2.17 bits per heavy atom. The molecule has 0 spiro atoms. The normalized spacial score (nSPS) is 17.4. The SMILES string of the molecule is C=CC(=O)N(C)C1CN(/C=C/NC2=NC=C(C(=O)NC(C)C)C2)C1. The Balaban J connectivity index is 1.68. The van der Waals surface area contributed by atoms with Crippen LogP contribution in [0.3, 0.4) is 0 Å². The molecule has 0 saturated carbocycles. The van der Waals surface area contributed by atoms with Crippen LogP contribution < -0.4 is 10.6 Å². The van der Waals surface area contributed by atoms with Crippen molar-refractivity contribution < 1.29 is 9.59 Å². The lowest BCUT2D eigenvalue weighted by atomic mass is 10.1. The maximum Gasteiger partial charge on any atom is 0.249 e. The molecule has 24 heavy (non-hydrogen) atoms. The summed E-state index contributed by atoms with van der Waals surface area (Å²) in [4.78, 5) is 31.4. The van der Waals surface area contributed by atoms with Gasteiger partial charge in [-0.25, -0.2) is 4.99 Å². The lowest BCUT2D eigenvalue weighted by Crippen LogP contribution is -2.57. The van der Waals surface area contributed by atoms with Crippen LogP contribution in [-0.2, 0) is 9.59 Å². The molecule has 2 heterocycles. The van der Waals surface area contributed by atoms with E-state index in [0.717, 1.165) is 18.9 Å². The molecule has 0 aromatic rings. The molecule has 0 aliphatic carbocycles. The zero-order valence-electron chi connectivity index (χ0n) is 14.5. The molecule has 0 aromatic carbocycles. The van der Waals surface area contributed by atoms with E-state index in [1.54, 1.807) is 18.1 Å². The van der Waals surface area contributed by atoms with Gasteiger partial charge >= 0.3 is 0 Å². The number of likely N-dealkylation sites (tertiary alicyclic amines) is 1. The third kappa shape index (κ3) is 4.47. The smallest absolute Gasteiger partial charge is 0.249 e. The number of aliphatic imine (C=N–C) groups is 1. The molecular formula is C17H25N5O2. The van der Waals surface area contributed by atoms with E-state index < -0.39 is 0 Å². The summed E-state index contributed by atoms with van der Waals surface area (Å²) in [5.74, 6) is 0.617. The largest absolute Gasteiger partial charge is 0.372 e. The molecule has 1 saturated heterocycles. The highest BCUT2D eigenvalue weighted by Gasteiger charge is 2.29. The first kappa shape index (κ1) is 17.8. The van der Waals surface area contributed by atoms with Crippen molar-refractivity contribution in [3.63, 3.8) is 0 Å². The van der Waals surface area contributed by atoms with Crippen LogP contribution in [0, 0.1) is 0 Å². The van der Waals surface area contributed by atoms with E-state index in [0.29, 0.717) is 12.0 Å². The molecule has 0 bridgehead atoms. The summed E-state index contributed by atoms with van der Waals surface area (Å²) in [6.45, 7) is 8.93. The first-order chi connectivity index (χ1) is 11.4. The lowest BCUT2D eigenvalue weighted by Gasteiger charge is -2.43. The minimum absolute atomic E-state index is 0.0552. The van der Waals surface area contributed by atoms with Gasteiger partial charge in [-0.2, -0.15) is 0 Å². The molecule has 2 aliphatic rings. The molecule has 2 amide bonds. The quantitative estimate of drug-likeness (QED) is 0.698. The number of rotatable bonds is 6. The summed E-state index contributed by atoms with van der Waals surface area (Å²) < 4.78 is 0. The number of likely N-dealkylation sites (N-methyl/N-ethyl adjacent to an activating group) is 1. The summed E-state index contributed by atoms with van der Waals surface area (Å²) in [6.07, 6.45) is 7.17. The van der Waals surface area contributed by atoms with Crippen LogP contribution in [0.2, 0.25) is 0 Å². The molecule has 130 valence electrons. The van der Waals surface area contributed by atoms with E-state index in [2.05, 4.69) is 27.1 Å². The maximum atomic E-state index is 11.9. The number of amides is 2. The topological polar surface area (TPSA) is 77.0 Å². The Hall–Kier alpha value is -2.57. The number of carbonyl (C=O) groups is 2.